The first-order chi connectivity index (χ1) is 8.70. The lowest BCUT2D eigenvalue weighted by Crippen LogP contribution is -2.63. The predicted octanol–water partition coefficient (Wildman–Crippen LogP) is 1.32. The van der Waals surface area contributed by atoms with Crippen LogP contribution in [0.3, 0.4) is 0 Å². The van der Waals surface area contributed by atoms with Crippen molar-refractivity contribution in [3.63, 3.8) is 0 Å². The fourth-order valence-corrected chi connectivity index (χ4v) is 2.89. The second-order valence-corrected chi connectivity index (χ2v) is 5.17. The third-order valence-electron chi connectivity index (χ3n) is 3.82. The van der Waals surface area contributed by atoms with Crippen LogP contribution in [0.4, 0.5) is 4.39 Å². The summed E-state index contributed by atoms with van der Waals surface area (Å²) in [5.41, 5.74) is -0.0694. The van der Waals surface area contributed by atoms with Crippen LogP contribution in [0.25, 0.3) is 0 Å². The van der Waals surface area contributed by atoms with E-state index in [0.29, 0.717) is 12.5 Å². The zero-order valence-electron chi connectivity index (χ0n) is 10.4. The Morgan fingerprint density at radius 1 is 1.61 bits per heavy atom. The number of ether oxygens (including phenoxy) is 2. The van der Waals surface area contributed by atoms with Gasteiger partial charge in [0.2, 0.25) is 5.88 Å². The van der Waals surface area contributed by atoms with E-state index in [0.717, 1.165) is 26.1 Å². The summed E-state index contributed by atoms with van der Waals surface area (Å²) >= 11 is 0. The molecule has 98 valence electrons. The normalized spacial score (nSPS) is 26.2. The summed E-state index contributed by atoms with van der Waals surface area (Å²) in [5.74, 6) is 0.0125. The average Bonchev–Trinajstić information content (AvgIpc) is 2.72. The lowest BCUT2D eigenvalue weighted by atomic mass is 9.82. The molecule has 1 aromatic rings. The van der Waals surface area contributed by atoms with Crippen molar-refractivity contribution in [2.45, 2.75) is 12.0 Å². The van der Waals surface area contributed by atoms with E-state index in [9.17, 15) is 4.39 Å². The van der Waals surface area contributed by atoms with Gasteiger partial charge in [0.1, 0.15) is 0 Å². The summed E-state index contributed by atoms with van der Waals surface area (Å²) in [5, 5.41) is 0. The van der Waals surface area contributed by atoms with E-state index in [1.54, 1.807) is 6.07 Å². The van der Waals surface area contributed by atoms with Gasteiger partial charge in [-0.1, -0.05) is 0 Å². The highest BCUT2D eigenvalue weighted by molar-refractivity contribution is 5.13. The topological polar surface area (TPSA) is 34.6 Å². The molecule has 2 fully saturated rings. The van der Waals surface area contributed by atoms with Crippen molar-refractivity contribution in [2.75, 3.05) is 33.4 Å². The first kappa shape index (κ1) is 11.9. The van der Waals surface area contributed by atoms with E-state index in [1.807, 2.05) is 0 Å². The molecule has 1 aromatic heterocycles. The van der Waals surface area contributed by atoms with Crippen LogP contribution in [0.5, 0.6) is 5.88 Å². The van der Waals surface area contributed by atoms with Gasteiger partial charge in [-0.05, 0) is 25.6 Å². The van der Waals surface area contributed by atoms with Crippen molar-refractivity contribution >= 4 is 0 Å². The van der Waals surface area contributed by atoms with E-state index in [2.05, 4.69) is 16.9 Å². The number of rotatable bonds is 3. The standard InChI is InChI=1S/C13H17FN2O2/c1-16-8-13(9-16)10(4-6-18-13)7-17-12-11(14)3-2-5-15-12/h2-3,5,10H,4,6-9H2,1H3/t10-/m1/s1. The quantitative estimate of drug-likeness (QED) is 0.812. The molecular weight excluding hydrogens is 235 g/mol. The minimum absolute atomic E-state index is 0.0694. The molecule has 2 aliphatic rings. The Kier molecular flexibility index (Phi) is 2.95. The molecule has 0 aromatic carbocycles. The third-order valence-corrected chi connectivity index (χ3v) is 3.82. The second-order valence-electron chi connectivity index (χ2n) is 5.17. The summed E-state index contributed by atoms with van der Waals surface area (Å²) in [6.45, 7) is 3.12. The Morgan fingerprint density at radius 2 is 2.44 bits per heavy atom. The monoisotopic (exact) mass is 252 g/mol. The Labute approximate surface area is 106 Å². The van der Waals surface area contributed by atoms with Crippen LogP contribution >= 0.6 is 0 Å². The molecular formula is C13H17FN2O2. The molecule has 3 rings (SSSR count). The largest absolute Gasteiger partial charge is 0.475 e. The Bertz CT molecular complexity index is 435. The van der Waals surface area contributed by atoms with Crippen LogP contribution in [-0.2, 0) is 4.74 Å². The van der Waals surface area contributed by atoms with Gasteiger partial charge in [0.25, 0.3) is 0 Å². The highest BCUT2D eigenvalue weighted by Crippen LogP contribution is 2.39. The number of halogens is 1. The van der Waals surface area contributed by atoms with Crippen molar-refractivity contribution in [1.29, 1.82) is 0 Å². The van der Waals surface area contributed by atoms with Crippen LogP contribution in [0.15, 0.2) is 18.3 Å². The van der Waals surface area contributed by atoms with Gasteiger partial charge in [0.15, 0.2) is 5.82 Å². The van der Waals surface area contributed by atoms with Crippen LogP contribution in [0.2, 0.25) is 0 Å². The molecule has 0 amide bonds. The van der Waals surface area contributed by atoms with Crippen molar-refractivity contribution in [1.82, 2.24) is 9.88 Å². The first-order valence-corrected chi connectivity index (χ1v) is 6.25. The Hall–Kier alpha value is -1.20. The first-order valence-electron chi connectivity index (χ1n) is 6.25. The highest BCUT2D eigenvalue weighted by atomic mass is 19.1. The summed E-state index contributed by atoms with van der Waals surface area (Å²) in [4.78, 5) is 6.12. The number of aromatic nitrogens is 1. The molecule has 0 bridgehead atoms. The highest BCUT2D eigenvalue weighted by Gasteiger charge is 2.52. The molecule has 0 radical (unpaired) electrons. The third kappa shape index (κ3) is 1.97. The molecule has 18 heavy (non-hydrogen) atoms. The Balaban J connectivity index is 1.62. The number of nitrogens with zero attached hydrogens (tertiary/aromatic N) is 2. The van der Waals surface area contributed by atoms with Gasteiger partial charge < -0.3 is 14.4 Å². The van der Waals surface area contributed by atoms with E-state index in [-0.39, 0.29) is 11.5 Å². The van der Waals surface area contributed by atoms with Gasteiger partial charge in [-0.25, -0.2) is 9.37 Å². The molecule has 5 heteroatoms. The SMILES string of the molecule is CN1CC2(C1)OCC[C@@H]2COc1ncccc1F. The van der Waals surface area contributed by atoms with E-state index in [1.165, 1.54) is 12.3 Å². The summed E-state index contributed by atoms with van der Waals surface area (Å²) < 4.78 is 24.7. The van der Waals surface area contributed by atoms with Crippen molar-refractivity contribution in [2.24, 2.45) is 5.92 Å². The zero-order valence-corrected chi connectivity index (χ0v) is 10.4. The number of hydrogen-bond acceptors (Lipinski definition) is 4. The zero-order chi connectivity index (χ0) is 12.6. The molecule has 0 N–H and O–H groups in total. The smallest absolute Gasteiger partial charge is 0.250 e. The maximum atomic E-state index is 13.4. The predicted molar refractivity (Wildman–Crippen MR) is 64.0 cm³/mol. The minimum Gasteiger partial charge on any atom is -0.475 e. The molecule has 2 saturated heterocycles. The summed E-state index contributed by atoms with van der Waals surface area (Å²) in [7, 11) is 2.07. The Morgan fingerprint density at radius 3 is 3.17 bits per heavy atom. The lowest BCUT2D eigenvalue weighted by Gasteiger charge is -2.48. The van der Waals surface area contributed by atoms with Crippen molar-refractivity contribution in [3.05, 3.63) is 24.1 Å². The number of pyridine rings is 1. The molecule has 1 atom stereocenters. The summed E-state index contributed by atoms with van der Waals surface area (Å²) in [6.07, 6.45) is 2.51. The molecule has 2 aliphatic heterocycles. The lowest BCUT2D eigenvalue weighted by molar-refractivity contribution is -0.128. The maximum Gasteiger partial charge on any atom is 0.250 e. The number of hydrogen-bond donors (Lipinski definition) is 0. The van der Waals surface area contributed by atoms with Crippen LogP contribution in [0, 0.1) is 11.7 Å². The van der Waals surface area contributed by atoms with E-state index in [4.69, 9.17) is 9.47 Å². The van der Waals surface area contributed by atoms with Crippen molar-refractivity contribution in [3.8, 4) is 5.88 Å². The van der Waals surface area contributed by atoms with Gasteiger partial charge in [-0.15, -0.1) is 0 Å². The van der Waals surface area contributed by atoms with Crippen LogP contribution < -0.4 is 4.74 Å². The number of likely N-dealkylation sites (tertiary alicyclic amines) is 1. The van der Waals surface area contributed by atoms with E-state index >= 15 is 0 Å². The molecule has 0 unspecified atom stereocenters. The maximum absolute atomic E-state index is 13.4. The fraction of sp³-hybridized carbons (Fsp3) is 0.615. The van der Waals surface area contributed by atoms with Gasteiger partial charge in [-0.2, -0.15) is 0 Å². The molecule has 4 nitrogen and oxygen atoms in total. The fourth-order valence-electron chi connectivity index (χ4n) is 2.89. The average molecular weight is 252 g/mol. The van der Waals surface area contributed by atoms with Crippen molar-refractivity contribution < 1.29 is 13.9 Å². The number of likely N-dealkylation sites (N-methyl/N-ethyl adjacent to an activating group) is 1. The molecule has 3 heterocycles. The van der Waals surface area contributed by atoms with Crippen LogP contribution in [0.1, 0.15) is 6.42 Å². The second kappa shape index (κ2) is 4.48. The van der Waals surface area contributed by atoms with Gasteiger partial charge in [0, 0.05) is 31.8 Å². The van der Waals surface area contributed by atoms with E-state index < -0.39 is 5.82 Å². The summed E-state index contributed by atoms with van der Waals surface area (Å²) in [6, 6.07) is 2.92. The van der Waals surface area contributed by atoms with Gasteiger partial charge in [0.05, 0.1) is 12.2 Å². The molecule has 0 saturated carbocycles. The molecule has 0 aliphatic carbocycles. The molecule has 1 spiro atoms. The van der Waals surface area contributed by atoms with Gasteiger partial charge >= 0.3 is 0 Å². The van der Waals surface area contributed by atoms with Crippen LogP contribution in [-0.4, -0.2) is 48.8 Å². The van der Waals surface area contributed by atoms with Gasteiger partial charge in [-0.3, -0.25) is 0 Å². The minimum atomic E-state index is -0.406.